The molecule has 0 spiro atoms. The van der Waals surface area contributed by atoms with Crippen LogP contribution >= 0.6 is 0 Å². The minimum atomic E-state index is -0.0600. The van der Waals surface area contributed by atoms with Crippen LogP contribution in [-0.4, -0.2) is 55.8 Å². The van der Waals surface area contributed by atoms with E-state index in [1.807, 2.05) is 23.1 Å². The number of likely N-dealkylation sites (tertiary alicyclic amines) is 1. The third-order valence-electron chi connectivity index (χ3n) is 5.14. The van der Waals surface area contributed by atoms with Crippen LogP contribution in [0.5, 0.6) is 11.5 Å². The Bertz CT molecular complexity index is 750. The van der Waals surface area contributed by atoms with Gasteiger partial charge in [0.05, 0.1) is 14.2 Å². The first kappa shape index (κ1) is 20.0. The Morgan fingerprint density at radius 2 is 2.11 bits per heavy atom. The van der Waals surface area contributed by atoms with Gasteiger partial charge < -0.3 is 19.7 Å². The van der Waals surface area contributed by atoms with E-state index < -0.39 is 0 Å². The highest BCUT2D eigenvalue weighted by Gasteiger charge is 2.24. The zero-order valence-corrected chi connectivity index (χ0v) is 16.5. The van der Waals surface area contributed by atoms with Crippen molar-refractivity contribution in [2.24, 2.45) is 5.10 Å². The molecule has 2 aliphatic rings. The second-order valence-electron chi connectivity index (χ2n) is 7.11. The molecular formula is C20H28N4O4. The summed E-state index contributed by atoms with van der Waals surface area (Å²) in [4.78, 5) is 25.7. The Hall–Kier alpha value is -2.77. The van der Waals surface area contributed by atoms with Crippen LogP contribution in [0.2, 0.25) is 0 Å². The molecule has 2 aliphatic heterocycles. The SMILES string of the molecule is COc1ccc(N[C@@H]2CCCN(C(=O)CCC3=NNC(=O)CC3)C2)cc1OC. The molecule has 1 fully saturated rings. The standard InChI is InChI=1S/C20H28N4O4/c1-27-17-8-5-15(12-18(17)28-2)21-16-4-3-11-24(13-16)20(26)10-7-14-6-9-19(25)23-22-14/h5,8,12,16,21H,3-4,6-7,9-11,13H2,1-2H3,(H,23,25)/t16-/m1/s1. The maximum atomic E-state index is 12.6. The summed E-state index contributed by atoms with van der Waals surface area (Å²) in [6.45, 7) is 1.46. The number of anilines is 1. The van der Waals surface area contributed by atoms with E-state index in [9.17, 15) is 9.59 Å². The van der Waals surface area contributed by atoms with Crippen molar-refractivity contribution in [1.82, 2.24) is 10.3 Å². The van der Waals surface area contributed by atoms with Crippen LogP contribution in [0, 0.1) is 0 Å². The highest BCUT2D eigenvalue weighted by atomic mass is 16.5. The summed E-state index contributed by atoms with van der Waals surface area (Å²) in [5.41, 5.74) is 4.32. The number of carbonyl (C=O) groups is 2. The predicted octanol–water partition coefficient (Wildman–Crippen LogP) is 2.15. The number of nitrogens with zero attached hydrogens (tertiary/aromatic N) is 2. The molecule has 0 aliphatic carbocycles. The maximum absolute atomic E-state index is 12.6. The molecule has 8 nitrogen and oxygen atoms in total. The third-order valence-corrected chi connectivity index (χ3v) is 5.14. The summed E-state index contributed by atoms with van der Waals surface area (Å²) in [6, 6.07) is 5.94. The van der Waals surface area contributed by atoms with Gasteiger partial charge in [-0.1, -0.05) is 0 Å². The van der Waals surface area contributed by atoms with Gasteiger partial charge in [-0.15, -0.1) is 0 Å². The topological polar surface area (TPSA) is 92.3 Å². The Labute approximate surface area is 165 Å². The fourth-order valence-electron chi connectivity index (χ4n) is 3.58. The van der Waals surface area contributed by atoms with E-state index in [0.717, 1.165) is 30.8 Å². The number of benzene rings is 1. The van der Waals surface area contributed by atoms with Gasteiger partial charge in [0.2, 0.25) is 11.8 Å². The van der Waals surface area contributed by atoms with Gasteiger partial charge in [0.15, 0.2) is 11.5 Å². The molecule has 2 heterocycles. The second-order valence-corrected chi connectivity index (χ2v) is 7.11. The van der Waals surface area contributed by atoms with E-state index in [1.54, 1.807) is 14.2 Å². The van der Waals surface area contributed by atoms with Crippen molar-refractivity contribution in [2.45, 2.75) is 44.6 Å². The van der Waals surface area contributed by atoms with Crippen LogP contribution in [0.15, 0.2) is 23.3 Å². The molecule has 3 rings (SSSR count). The number of hydrogen-bond donors (Lipinski definition) is 2. The Kier molecular flexibility index (Phi) is 6.73. The molecule has 28 heavy (non-hydrogen) atoms. The monoisotopic (exact) mass is 388 g/mol. The van der Waals surface area contributed by atoms with Crippen LogP contribution in [0.1, 0.15) is 38.5 Å². The molecule has 0 radical (unpaired) electrons. The van der Waals surface area contributed by atoms with Crippen LogP contribution in [0.3, 0.4) is 0 Å². The molecule has 152 valence electrons. The van der Waals surface area contributed by atoms with Crippen molar-refractivity contribution in [1.29, 1.82) is 0 Å². The van der Waals surface area contributed by atoms with E-state index >= 15 is 0 Å². The van der Waals surface area contributed by atoms with Crippen molar-refractivity contribution >= 4 is 23.2 Å². The number of hydrogen-bond acceptors (Lipinski definition) is 6. The Balaban J connectivity index is 1.52. The van der Waals surface area contributed by atoms with Gasteiger partial charge in [0.25, 0.3) is 0 Å². The average Bonchev–Trinajstić information content (AvgIpc) is 2.73. The van der Waals surface area contributed by atoms with Crippen molar-refractivity contribution in [3.05, 3.63) is 18.2 Å². The number of piperidine rings is 1. The minimum absolute atomic E-state index is 0.0600. The van der Waals surface area contributed by atoms with Crippen LogP contribution < -0.4 is 20.2 Å². The van der Waals surface area contributed by atoms with Crippen molar-refractivity contribution in [3.8, 4) is 11.5 Å². The minimum Gasteiger partial charge on any atom is -0.493 e. The third kappa shape index (κ3) is 5.15. The first-order valence-electron chi connectivity index (χ1n) is 9.69. The Morgan fingerprint density at radius 3 is 2.82 bits per heavy atom. The average molecular weight is 388 g/mol. The molecule has 0 saturated carbocycles. The van der Waals surface area contributed by atoms with Gasteiger partial charge in [-0.2, -0.15) is 5.10 Å². The lowest BCUT2D eigenvalue weighted by atomic mass is 10.0. The summed E-state index contributed by atoms with van der Waals surface area (Å²) < 4.78 is 10.6. The van der Waals surface area contributed by atoms with Crippen LogP contribution in [0.25, 0.3) is 0 Å². The molecule has 1 aromatic rings. The molecule has 2 amide bonds. The van der Waals surface area contributed by atoms with E-state index in [0.29, 0.717) is 43.7 Å². The smallest absolute Gasteiger partial charge is 0.240 e. The molecule has 0 aromatic heterocycles. The van der Waals surface area contributed by atoms with Gasteiger partial charge in [-0.05, 0) is 37.8 Å². The summed E-state index contributed by atoms with van der Waals surface area (Å²) >= 11 is 0. The van der Waals surface area contributed by atoms with E-state index in [1.165, 1.54) is 0 Å². The maximum Gasteiger partial charge on any atom is 0.240 e. The fourth-order valence-corrected chi connectivity index (χ4v) is 3.58. The van der Waals surface area contributed by atoms with Gasteiger partial charge in [0, 0.05) is 49.4 Å². The normalized spacial score (nSPS) is 19.5. The van der Waals surface area contributed by atoms with Crippen molar-refractivity contribution < 1.29 is 19.1 Å². The molecule has 1 saturated heterocycles. The summed E-state index contributed by atoms with van der Waals surface area (Å²) in [5, 5.41) is 7.54. The Morgan fingerprint density at radius 1 is 1.29 bits per heavy atom. The summed E-state index contributed by atoms with van der Waals surface area (Å²) in [5.74, 6) is 1.44. The lowest BCUT2D eigenvalue weighted by molar-refractivity contribution is -0.132. The zero-order chi connectivity index (χ0) is 19.9. The van der Waals surface area contributed by atoms with Gasteiger partial charge in [-0.3, -0.25) is 9.59 Å². The molecule has 0 unspecified atom stereocenters. The molecule has 2 N–H and O–H groups in total. The fraction of sp³-hybridized carbons (Fsp3) is 0.550. The summed E-state index contributed by atoms with van der Waals surface area (Å²) in [7, 11) is 3.23. The predicted molar refractivity (Wildman–Crippen MR) is 107 cm³/mol. The van der Waals surface area contributed by atoms with Crippen LogP contribution in [0.4, 0.5) is 5.69 Å². The summed E-state index contributed by atoms with van der Waals surface area (Å²) in [6.07, 6.45) is 4.10. The lowest BCUT2D eigenvalue weighted by Crippen LogP contribution is -2.45. The molecule has 0 bridgehead atoms. The number of hydrazone groups is 1. The zero-order valence-electron chi connectivity index (χ0n) is 16.5. The molecule has 1 aromatic carbocycles. The number of carbonyl (C=O) groups excluding carboxylic acids is 2. The number of ether oxygens (including phenoxy) is 2. The van der Waals surface area contributed by atoms with Crippen LogP contribution in [-0.2, 0) is 9.59 Å². The molecule has 8 heteroatoms. The first-order valence-corrected chi connectivity index (χ1v) is 9.69. The van der Waals surface area contributed by atoms with E-state index in [2.05, 4.69) is 15.8 Å². The van der Waals surface area contributed by atoms with E-state index in [4.69, 9.17) is 9.47 Å². The second kappa shape index (κ2) is 9.43. The number of rotatable bonds is 7. The highest BCUT2D eigenvalue weighted by Crippen LogP contribution is 2.30. The van der Waals surface area contributed by atoms with Gasteiger partial charge in [0.1, 0.15) is 0 Å². The van der Waals surface area contributed by atoms with Gasteiger partial charge in [-0.25, -0.2) is 5.43 Å². The van der Waals surface area contributed by atoms with Crippen molar-refractivity contribution in [2.75, 3.05) is 32.6 Å². The largest absolute Gasteiger partial charge is 0.493 e. The van der Waals surface area contributed by atoms with Crippen molar-refractivity contribution in [3.63, 3.8) is 0 Å². The van der Waals surface area contributed by atoms with Gasteiger partial charge >= 0.3 is 0 Å². The number of amides is 2. The quantitative estimate of drug-likeness (QED) is 0.747. The lowest BCUT2D eigenvalue weighted by Gasteiger charge is -2.34. The first-order chi connectivity index (χ1) is 13.6. The van der Waals surface area contributed by atoms with E-state index in [-0.39, 0.29) is 17.9 Å². The molecular weight excluding hydrogens is 360 g/mol. The number of nitrogens with one attached hydrogen (secondary N) is 2. The molecule has 1 atom stereocenters. The highest BCUT2D eigenvalue weighted by molar-refractivity contribution is 5.94. The number of methoxy groups -OCH3 is 2.